The van der Waals surface area contributed by atoms with E-state index in [-0.39, 0.29) is 18.9 Å². The SMILES string of the molecule is CCN(Cc1cccc(C)n1)S(=O)(=O)CCO. The molecule has 0 spiro atoms. The molecule has 1 aromatic heterocycles. The van der Waals surface area contributed by atoms with Gasteiger partial charge in [-0.15, -0.1) is 0 Å². The van der Waals surface area contributed by atoms with Gasteiger partial charge < -0.3 is 5.11 Å². The number of aliphatic hydroxyl groups is 1. The molecule has 1 aromatic rings. The maximum absolute atomic E-state index is 11.8. The number of aromatic nitrogens is 1. The van der Waals surface area contributed by atoms with Gasteiger partial charge in [0.25, 0.3) is 0 Å². The van der Waals surface area contributed by atoms with Crippen LogP contribution in [-0.4, -0.2) is 41.7 Å². The van der Waals surface area contributed by atoms with Gasteiger partial charge in [0.15, 0.2) is 0 Å². The number of aliphatic hydroxyl groups excluding tert-OH is 1. The normalized spacial score (nSPS) is 12.0. The number of hydrogen-bond donors (Lipinski definition) is 1. The van der Waals surface area contributed by atoms with E-state index in [0.29, 0.717) is 12.2 Å². The van der Waals surface area contributed by atoms with E-state index in [4.69, 9.17) is 5.11 Å². The second-order valence-electron chi connectivity index (χ2n) is 3.74. The topological polar surface area (TPSA) is 70.5 Å². The first-order valence-corrected chi connectivity index (χ1v) is 7.11. The van der Waals surface area contributed by atoms with Crippen LogP contribution in [0.5, 0.6) is 0 Å². The van der Waals surface area contributed by atoms with Crippen LogP contribution in [0, 0.1) is 6.92 Å². The molecule has 96 valence electrons. The van der Waals surface area contributed by atoms with Crippen molar-refractivity contribution in [3.05, 3.63) is 29.6 Å². The average molecular weight is 258 g/mol. The van der Waals surface area contributed by atoms with E-state index < -0.39 is 10.0 Å². The van der Waals surface area contributed by atoms with Gasteiger partial charge in [-0.1, -0.05) is 13.0 Å². The number of hydrogen-bond acceptors (Lipinski definition) is 4. The monoisotopic (exact) mass is 258 g/mol. The first kappa shape index (κ1) is 14.1. The Kier molecular flexibility index (Phi) is 5.04. The van der Waals surface area contributed by atoms with E-state index in [9.17, 15) is 8.42 Å². The summed E-state index contributed by atoms with van der Waals surface area (Å²) in [7, 11) is -3.39. The summed E-state index contributed by atoms with van der Waals surface area (Å²) in [4.78, 5) is 4.27. The van der Waals surface area contributed by atoms with E-state index in [0.717, 1.165) is 5.69 Å². The Labute approximate surface area is 102 Å². The second kappa shape index (κ2) is 6.09. The summed E-state index contributed by atoms with van der Waals surface area (Å²) in [5.41, 5.74) is 1.58. The number of pyridine rings is 1. The second-order valence-corrected chi connectivity index (χ2v) is 5.82. The van der Waals surface area contributed by atoms with Crippen molar-refractivity contribution in [1.29, 1.82) is 0 Å². The average Bonchev–Trinajstić information content (AvgIpc) is 2.25. The standard InChI is InChI=1S/C11H18N2O3S/c1-3-13(17(15,16)8-7-14)9-11-6-4-5-10(2)12-11/h4-6,14H,3,7-9H2,1-2H3. The molecule has 0 radical (unpaired) electrons. The third-order valence-electron chi connectivity index (χ3n) is 2.38. The summed E-state index contributed by atoms with van der Waals surface area (Å²) < 4.78 is 24.9. The van der Waals surface area contributed by atoms with E-state index >= 15 is 0 Å². The summed E-state index contributed by atoms with van der Waals surface area (Å²) in [6, 6.07) is 5.51. The highest BCUT2D eigenvalue weighted by Crippen LogP contribution is 2.08. The Hall–Kier alpha value is -0.980. The third kappa shape index (κ3) is 4.07. The molecule has 0 aliphatic carbocycles. The number of nitrogens with zero attached hydrogens (tertiary/aromatic N) is 2. The predicted octanol–water partition coefficient (Wildman–Crippen LogP) is 0.534. The van der Waals surface area contributed by atoms with Gasteiger partial charge in [0.05, 0.1) is 24.6 Å². The first-order valence-electron chi connectivity index (χ1n) is 5.51. The van der Waals surface area contributed by atoms with Crippen molar-refractivity contribution in [3.8, 4) is 0 Å². The van der Waals surface area contributed by atoms with Gasteiger partial charge in [-0.25, -0.2) is 8.42 Å². The molecule has 1 N–H and O–H groups in total. The summed E-state index contributed by atoms with van der Waals surface area (Å²) in [6.07, 6.45) is 0. The number of rotatable bonds is 6. The fraction of sp³-hybridized carbons (Fsp3) is 0.545. The third-order valence-corrected chi connectivity index (χ3v) is 4.25. The summed E-state index contributed by atoms with van der Waals surface area (Å²) in [5, 5.41) is 8.74. The van der Waals surface area contributed by atoms with Crippen molar-refractivity contribution in [2.45, 2.75) is 20.4 Å². The zero-order chi connectivity index (χ0) is 12.9. The number of sulfonamides is 1. The van der Waals surface area contributed by atoms with Crippen molar-refractivity contribution < 1.29 is 13.5 Å². The highest BCUT2D eigenvalue weighted by atomic mass is 32.2. The van der Waals surface area contributed by atoms with Crippen LogP contribution in [0.15, 0.2) is 18.2 Å². The quantitative estimate of drug-likeness (QED) is 0.808. The molecule has 0 aliphatic heterocycles. The molecule has 0 bridgehead atoms. The molecule has 0 atom stereocenters. The predicted molar refractivity (Wildman–Crippen MR) is 65.9 cm³/mol. The van der Waals surface area contributed by atoms with Crippen LogP contribution in [-0.2, 0) is 16.6 Å². The molecular formula is C11H18N2O3S. The lowest BCUT2D eigenvalue weighted by molar-refractivity contribution is 0.314. The fourth-order valence-electron chi connectivity index (χ4n) is 1.52. The summed E-state index contributed by atoms with van der Waals surface area (Å²) in [6.45, 7) is 3.89. The maximum atomic E-state index is 11.8. The van der Waals surface area contributed by atoms with Crippen LogP contribution in [0.1, 0.15) is 18.3 Å². The first-order chi connectivity index (χ1) is 7.99. The molecule has 0 aliphatic rings. The van der Waals surface area contributed by atoms with Crippen LogP contribution in [0.4, 0.5) is 0 Å². The van der Waals surface area contributed by atoms with Gasteiger partial charge in [-0.2, -0.15) is 4.31 Å². The molecule has 0 unspecified atom stereocenters. The van der Waals surface area contributed by atoms with Crippen LogP contribution in [0.3, 0.4) is 0 Å². The molecule has 1 heterocycles. The van der Waals surface area contributed by atoms with Crippen LogP contribution >= 0.6 is 0 Å². The molecule has 0 amide bonds. The van der Waals surface area contributed by atoms with Crippen molar-refractivity contribution in [2.24, 2.45) is 0 Å². The molecule has 6 heteroatoms. The Morgan fingerprint density at radius 1 is 1.41 bits per heavy atom. The molecular weight excluding hydrogens is 240 g/mol. The van der Waals surface area contributed by atoms with Crippen molar-refractivity contribution in [3.63, 3.8) is 0 Å². The molecule has 17 heavy (non-hydrogen) atoms. The van der Waals surface area contributed by atoms with Crippen molar-refractivity contribution in [1.82, 2.24) is 9.29 Å². The highest BCUT2D eigenvalue weighted by Gasteiger charge is 2.20. The van der Waals surface area contributed by atoms with Gasteiger partial charge in [-0.3, -0.25) is 4.98 Å². The van der Waals surface area contributed by atoms with E-state index in [1.165, 1.54) is 4.31 Å². The van der Waals surface area contributed by atoms with Crippen LogP contribution in [0.25, 0.3) is 0 Å². The highest BCUT2D eigenvalue weighted by molar-refractivity contribution is 7.89. The smallest absolute Gasteiger partial charge is 0.216 e. The van der Waals surface area contributed by atoms with Crippen molar-refractivity contribution in [2.75, 3.05) is 18.9 Å². The maximum Gasteiger partial charge on any atom is 0.216 e. The fourth-order valence-corrected chi connectivity index (χ4v) is 2.73. The van der Waals surface area contributed by atoms with Gasteiger partial charge in [0, 0.05) is 12.2 Å². The zero-order valence-electron chi connectivity index (χ0n) is 10.1. The molecule has 5 nitrogen and oxygen atoms in total. The lowest BCUT2D eigenvalue weighted by atomic mass is 10.3. The minimum atomic E-state index is -3.39. The summed E-state index contributed by atoms with van der Waals surface area (Å²) in [5.74, 6) is -0.243. The van der Waals surface area contributed by atoms with Gasteiger partial charge in [0.2, 0.25) is 10.0 Å². The Morgan fingerprint density at radius 2 is 2.12 bits per heavy atom. The van der Waals surface area contributed by atoms with E-state index in [1.807, 2.05) is 19.1 Å². The van der Waals surface area contributed by atoms with Gasteiger partial charge in [0.1, 0.15) is 0 Å². The Morgan fingerprint density at radius 3 is 2.65 bits per heavy atom. The Bertz CT molecular complexity index is 460. The minimum Gasteiger partial charge on any atom is -0.395 e. The zero-order valence-corrected chi connectivity index (χ0v) is 10.9. The van der Waals surface area contributed by atoms with Crippen LogP contribution < -0.4 is 0 Å². The van der Waals surface area contributed by atoms with Gasteiger partial charge in [-0.05, 0) is 19.1 Å². The van der Waals surface area contributed by atoms with Crippen molar-refractivity contribution >= 4 is 10.0 Å². The molecule has 0 saturated heterocycles. The molecule has 0 fully saturated rings. The van der Waals surface area contributed by atoms with E-state index in [2.05, 4.69) is 4.98 Å². The Balaban J connectivity index is 2.84. The van der Waals surface area contributed by atoms with E-state index in [1.54, 1.807) is 13.0 Å². The van der Waals surface area contributed by atoms with Crippen LogP contribution in [0.2, 0.25) is 0 Å². The minimum absolute atomic E-state index is 0.243. The molecule has 0 aromatic carbocycles. The lowest BCUT2D eigenvalue weighted by Gasteiger charge is -2.19. The summed E-state index contributed by atoms with van der Waals surface area (Å²) >= 11 is 0. The molecule has 1 rings (SSSR count). The van der Waals surface area contributed by atoms with Gasteiger partial charge >= 0.3 is 0 Å². The molecule has 0 saturated carbocycles. The largest absolute Gasteiger partial charge is 0.395 e. The lowest BCUT2D eigenvalue weighted by Crippen LogP contribution is -2.33. The number of aryl methyl sites for hydroxylation is 1.